The number of benzene rings is 1. The molecular formula is C8H5F2NOS. The Morgan fingerprint density at radius 1 is 1.38 bits per heavy atom. The highest BCUT2D eigenvalue weighted by Crippen LogP contribution is 2.37. The molecule has 0 aliphatic carbocycles. The number of carbonyl (C=O) groups is 1. The van der Waals surface area contributed by atoms with Crippen molar-refractivity contribution in [3.8, 4) is 0 Å². The largest absolute Gasteiger partial charge is 0.324 e. The van der Waals surface area contributed by atoms with Gasteiger partial charge in [-0.1, -0.05) is 0 Å². The summed E-state index contributed by atoms with van der Waals surface area (Å²) in [5.41, 5.74) is 0.289. The molecule has 1 aromatic rings. The normalized spacial score (nSPS) is 19.9. The number of hydrogen-bond donors (Lipinski definition) is 2. The zero-order valence-electron chi connectivity index (χ0n) is 6.34. The number of halogens is 2. The van der Waals surface area contributed by atoms with Crippen LogP contribution in [0.1, 0.15) is 10.8 Å². The monoisotopic (exact) mass is 201 g/mol. The fourth-order valence-electron chi connectivity index (χ4n) is 1.30. The maximum absolute atomic E-state index is 13.1. The zero-order chi connectivity index (χ0) is 9.59. The number of rotatable bonds is 0. The molecule has 0 saturated carbocycles. The van der Waals surface area contributed by atoms with Crippen LogP contribution in [0.25, 0.3) is 0 Å². The van der Waals surface area contributed by atoms with Gasteiger partial charge in [-0.3, -0.25) is 4.79 Å². The van der Waals surface area contributed by atoms with Crippen LogP contribution < -0.4 is 5.32 Å². The fourth-order valence-corrected chi connectivity index (χ4v) is 1.63. The standard InChI is InChI=1S/C8H5F2NOS/c9-3-1-4(10)6-5(2-3)11-8(12)7(6)13/h1-2,7,13H,(H,11,12). The summed E-state index contributed by atoms with van der Waals surface area (Å²) in [5.74, 6) is -1.88. The van der Waals surface area contributed by atoms with Crippen molar-refractivity contribution in [3.63, 3.8) is 0 Å². The molecule has 0 radical (unpaired) electrons. The van der Waals surface area contributed by atoms with Gasteiger partial charge in [-0.15, -0.1) is 0 Å². The van der Waals surface area contributed by atoms with E-state index < -0.39 is 22.8 Å². The lowest BCUT2D eigenvalue weighted by Crippen LogP contribution is -2.06. The molecule has 0 spiro atoms. The van der Waals surface area contributed by atoms with Crippen LogP contribution in [0, 0.1) is 11.6 Å². The van der Waals surface area contributed by atoms with Crippen LogP contribution in [0.3, 0.4) is 0 Å². The summed E-state index contributed by atoms with van der Waals surface area (Å²) in [6.45, 7) is 0. The first-order valence-electron chi connectivity index (χ1n) is 3.57. The second-order valence-corrected chi connectivity index (χ2v) is 3.26. The van der Waals surface area contributed by atoms with Gasteiger partial charge >= 0.3 is 0 Å². The van der Waals surface area contributed by atoms with E-state index in [1.54, 1.807) is 0 Å². The predicted octanol–water partition coefficient (Wildman–Crippen LogP) is 1.89. The molecule has 0 bridgehead atoms. The van der Waals surface area contributed by atoms with Crippen LogP contribution in [0.4, 0.5) is 14.5 Å². The van der Waals surface area contributed by atoms with Crippen LogP contribution in [-0.4, -0.2) is 5.91 Å². The fraction of sp³-hybridized carbons (Fsp3) is 0.125. The summed E-state index contributed by atoms with van der Waals surface area (Å²) in [6, 6.07) is 1.81. The zero-order valence-corrected chi connectivity index (χ0v) is 7.24. The van der Waals surface area contributed by atoms with Crippen molar-refractivity contribution in [2.24, 2.45) is 0 Å². The molecule has 0 aromatic heterocycles. The number of amides is 1. The number of thiol groups is 1. The molecule has 2 rings (SSSR count). The van der Waals surface area contributed by atoms with Gasteiger partial charge in [0.2, 0.25) is 5.91 Å². The summed E-state index contributed by atoms with van der Waals surface area (Å²) >= 11 is 3.90. The predicted molar refractivity (Wildman–Crippen MR) is 46.7 cm³/mol. The first-order valence-corrected chi connectivity index (χ1v) is 4.09. The van der Waals surface area contributed by atoms with Gasteiger partial charge in [0.1, 0.15) is 16.9 Å². The van der Waals surface area contributed by atoms with Gasteiger partial charge in [0.15, 0.2) is 0 Å². The Balaban J connectivity index is 2.64. The van der Waals surface area contributed by atoms with Gasteiger partial charge in [0.05, 0.1) is 5.69 Å². The van der Waals surface area contributed by atoms with Crippen molar-refractivity contribution >= 4 is 24.2 Å². The minimum atomic E-state index is -0.837. The minimum Gasteiger partial charge on any atom is -0.324 e. The maximum atomic E-state index is 13.1. The summed E-state index contributed by atoms with van der Waals surface area (Å²) in [4.78, 5) is 11.0. The Bertz CT molecular complexity index is 394. The molecule has 0 saturated heterocycles. The van der Waals surface area contributed by atoms with Crippen molar-refractivity contribution in [1.82, 2.24) is 0 Å². The van der Waals surface area contributed by atoms with Crippen LogP contribution in [-0.2, 0) is 4.79 Å². The lowest BCUT2D eigenvalue weighted by atomic mass is 10.1. The van der Waals surface area contributed by atoms with Gasteiger partial charge in [-0.25, -0.2) is 8.78 Å². The van der Waals surface area contributed by atoms with E-state index in [4.69, 9.17) is 0 Å². The first kappa shape index (κ1) is 8.50. The molecule has 0 fully saturated rings. The van der Waals surface area contributed by atoms with E-state index in [2.05, 4.69) is 17.9 Å². The molecule has 1 amide bonds. The van der Waals surface area contributed by atoms with Gasteiger partial charge < -0.3 is 5.32 Å². The van der Waals surface area contributed by atoms with Crippen molar-refractivity contribution in [2.75, 3.05) is 5.32 Å². The molecule has 1 heterocycles. The van der Waals surface area contributed by atoms with Crippen molar-refractivity contribution in [1.29, 1.82) is 0 Å². The molecule has 1 unspecified atom stereocenters. The third-order valence-corrected chi connectivity index (χ3v) is 2.37. The highest BCUT2D eigenvalue weighted by Gasteiger charge is 2.30. The van der Waals surface area contributed by atoms with E-state index in [0.29, 0.717) is 0 Å². The average molecular weight is 201 g/mol. The molecule has 5 heteroatoms. The molecule has 1 aliphatic heterocycles. The quantitative estimate of drug-likeness (QED) is 0.616. The van der Waals surface area contributed by atoms with E-state index in [9.17, 15) is 13.6 Å². The van der Waals surface area contributed by atoms with E-state index in [-0.39, 0.29) is 11.3 Å². The summed E-state index contributed by atoms with van der Waals surface area (Å²) in [5, 5.41) is 1.50. The van der Waals surface area contributed by atoms with Gasteiger partial charge in [-0.2, -0.15) is 12.6 Å². The number of nitrogens with one attached hydrogen (secondary N) is 1. The third kappa shape index (κ3) is 1.19. The number of anilines is 1. The highest BCUT2D eigenvalue weighted by atomic mass is 32.1. The number of fused-ring (bicyclic) bond motifs is 1. The van der Waals surface area contributed by atoms with Crippen molar-refractivity contribution < 1.29 is 13.6 Å². The number of carbonyl (C=O) groups excluding carboxylic acids is 1. The second kappa shape index (κ2) is 2.70. The summed E-state index contributed by atoms with van der Waals surface area (Å²) in [6.07, 6.45) is 0. The summed E-state index contributed by atoms with van der Waals surface area (Å²) in [7, 11) is 0. The van der Waals surface area contributed by atoms with Gasteiger partial charge in [-0.05, 0) is 6.07 Å². The molecule has 68 valence electrons. The Morgan fingerprint density at radius 3 is 2.77 bits per heavy atom. The van der Waals surface area contributed by atoms with Crippen LogP contribution >= 0.6 is 12.6 Å². The molecule has 13 heavy (non-hydrogen) atoms. The second-order valence-electron chi connectivity index (χ2n) is 2.74. The molecule has 1 N–H and O–H groups in total. The SMILES string of the molecule is O=C1Nc2cc(F)cc(F)c2C1S. The molecule has 1 atom stereocenters. The topological polar surface area (TPSA) is 29.1 Å². The Labute approximate surface area is 78.4 Å². The van der Waals surface area contributed by atoms with Gasteiger partial charge in [0.25, 0.3) is 0 Å². The average Bonchev–Trinajstić information content (AvgIpc) is 2.27. The smallest absolute Gasteiger partial charge is 0.241 e. The van der Waals surface area contributed by atoms with Crippen molar-refractivity contribution in [3.05, 3.63) is 29.3 Å². The lowest BCUT2D eigenvalue weighted by Gasteiger charge is -2.01. The van der Waals surface area contributed by atoms with E-state index in [1.165, 1.54) is 0 Å². The Hall–Kier alpha value is -1.10. The number of hydrogen-bond acceptors (Lipinski definition) is 2. The molecule has 2 nitrogen and oxygen atoms in total. The summed E-state index contributed by atoms with van der Waals surface area (Å²) < 4.78 is 25.8. The minimum absolute atomic E-state index is 0.120. The van der Waals surface area contributed by atoms with E-state index in [0.717, 1.165) is 12.1 Å². The molecule has 1 aliphatic rings. The highest BCUT2D eigenvalue weighted by molar-refractivity contribution is 7.81. The third-order valence-electron chi connectivity index (χ3n) is 1.87. The first-order chi connectivity index (χ1) is 6.09. The van der Waals surface area contributed by atoms with Crippen LogP contribution in [0.15, 0.2) is 12.1 Å². The van der Waals surface area contributed by atoms with E-state index >= 15 is 0 Å². The van der Waals surface area contributed by atoms with E-state index in [1.807, 2.05) is 0 Å². The van der Waals surface area contributed by atoms with Gasteiger partial charge in [0, 0.05) is 11.6 Å². The molecule has 1 aromatic carbocycles. The molecular weight excluding hydrogens is 196 g/mol. The van der Waals surface area contributed by atoms with Crippen molar-refractivity contribution in [2.45, 2.75) is 5.25 Å². The Morgan fingerprint density at radius 2 is 2.08 bits per heavy atom. The van der Waals surface area contributed by atoms with Crippen LogP contribution in [0.5, 0.6) is 0 Å². The van der Waals surface area contributed by atoms with Crippen LogP contribution in [0.2, 0.25) is 0 Å². The maximum Gasteiger partial charge on any atom is 0.241 e. The Kier molecular flexibility index (Phi) is 1.76. The lowest BCUT2D eigenvalue weighted by molar-refractivity contribution is -0.115.